The van der Waals surface area contributed by atoms with Crippen molar-refractivity contribution in [3.05, 3.63) is 17.5 Å². The second-order valence-corrected chi connectivity index (χ2v) is 5.04. The molecule has 1 aromatic heterocycles. The van der Waals surface area contributed by atoms with Gasteiger partial charge in [-0.1, -0.05) is 0 Å². The zero-order valence-corrected chi connectivity index (χ0v) is 10.8. The van der Waals surface area contributed by atoms with Gasteiger partial charge in [-0.2, -0.15) is 5.10 Å². The van der Waals surface area contributed by atoms with Crippen molar-refractivity contribution in [2.45, 2.75) is 45.3 Å². The highest BCUT2D eigenvalue weighted by Crippen LogP contribution is 2.33. The number of nitrogens with zero attached hydrogens (tertiary/aromatic N) is 3. The molecule has 1 saturated heterocycles. The van der Waals surface area contributed by atoms with Crippen LogP contribution >= 0.6 is 0 Å². The molecule has 1 aliphatic heterocycles. The van der Waals surface area contributed by atoms with E-state index in [2.05, 4.69) is 5.10 Å². The molecule has 1 aliphatic rings. The summed E-state index contributed by atoms with van der Waals surface area (Å²) in [7, 11) is 1.90. The summed E-state index contributed by atoms with van der Waals surface area (Å²) in [6.45, 7) is 5.99. The Labute approximate surface area is 102 Å². The van der Waals surface area contributed by atoms with Gasteiger partial charge in [0.15, 0.2) is 0 Å². The first-order valence-electron chi connectivity index (χ1n) is 5.99. The highest BCUT2D eigenvalue weighted by atomic mass is 16.2. The van der Waals surface area contributed by atoms with Gasteiger partial charge in [-0.25, -0.2) is 0 Å². The third-order valence-corrected chi connectivity index (χ3v) is 3.30. The van der Waals surface area contributed by atoms with E-state index in [1.807, 2.05) is 43.5 Å². The molecule has 0 radical (unpaired) electrons. The zero-order valence-electron chi connectivity index (χ0n) is 10.8. The number of hydrogen-bond acceptors (Lipinski definition) is 3. The Kier molecular flexibility index (Phi) is 2.95. The van der Waals surface area contributed by atoms with E-state index in [0.29, 0.717) is 6.42 Å². The molecular formula is C12H20N4O. The molecule has 1 fully saturated rings. The standard InChI is InChI=1S/C12H20N4O/c1-7(2)16-11(17)6-9(13)12(16)10-5-8(3)14-15(10)4/h5,7,9,12H,6,13H2,1-4H3/t9-,12-/m1/s1. The second kappa shape index (κ2) is 4.14. The second-order valence-electron chi connectivity index (χ2n) is 5.04. The Morgan fingerprint density at radius 2 is 2.18 bits per heavy atom. The smallest absolute Gasteiger partial charge is 0.225 e. The van der Waals surface area contributed by atoms with Crippen molar-refractivity contribution in [3.63, 3.8) is 0 Å². The summed E-state index contributed by atoms with van der Waals surface area (Å²) >= 11 is 0. The number of amides is 1. The Morgan fingerprint density at radius 1 is 1.53 bits per heavy atom. The predicted octanol–water partition coefficient (Wildman–Crippen LogP) is 0.738. The zero-order chi connectivity index (χ0) is 12.7. The molecule has 17 heavy (non-hydrogen) atoms. The number of carbonyl (C=O) groups is 1. The molecule has 0 spiro atoms. The Bertz CT molecular complexity index is 438. The number of carbonyl (C=O) groups excluding carboxylic acids is 1. The normalized spacial score (nSPS) is 25.1. The monoisotopic (exact) mass is 236 g/mol. The van der Waals surface area contributed by atoms with E-state index in [1.54, 1.807) is 0 Å². The molecule has 1 amide bonds. The van der Waals surface area contributed by atoms with Crippen LogP contribution in [0.3, 0.4) is 0 Å². The van der Waals surface area contributed by atoms with Gasteiger partial charge in [-0.05, 0) is 26.8 Å². The third kappa shape index (κ3) is 1.95. The van der Waals surface area contributed by atoms with Crippen LogP contribution in [0.2, 0.25) is 0 Å². The van der Waals surface area contributed by atoms with Crippen LogP contribution in [0.4, 0.5) is 0 Å². The SMILES string of the molecule is Cc1cc([C@H]2[C@H](N)CC(=O)N2C(C)C)n(C)n1. The van der Waals surface area contributed by atoms with E-state index in [9.17, 15) is 4.79 Å². The van der Waals surface area contributed by atoms with Crippen LogP contribution in [0.1, 0.15) is 37.7 Å². The van der Waals surface area contributed by atoms with Crippen molar-refractivity contribution in [2.24, 2.45) is 12.8 Å². The molecule has 2 atom stereocenters. The molecule has 5 heteroatoms. The van der Waals surface area contributed by atoms with E-state index >= 15 is 0 Å². The summed E-state index contributed by atoms with van der Waals surface area (Å²) in [5.41, 5.74) is 8.08. The number of aryl methyl sites for hydroxylation is 2. The van der Waals surface area contributed by atoms with E-state index in [4.69, 9.17) is 5.73 Å². The number of aromatic nitrogens is 2. The van der Waals surface area contributed by atoms with E-state index in [0.717, 1.165) is 11.4 Å². The van der Waals surface area contributed by atoms with Gasteiger partial charge < -0.3 is 10.6 Å². The highest BCUT2D eigenvalue weighted by molar-refractivity contribution is 5.80. The summed E-state index contributed by atoms with van der Waals surface area (Å²) < 4.78 is 1.83. The van der Waals surface area contributed by atoms with Gasteiger partial charge in [0.25, 0.3) is 0 Å². The first-order valence-corrected chi connectivity index (χ1v) is 5.99. The molecular weight excluding hydrogens is 216 g/mol. The van der Waals surface area contributed by atoms with Crippen molar-refractivity contribution in [1.29, 1.82) is 0 Å². The van der Waals surface area contributed by atoms with E-state index in [-0.39, 0.29) is 24.0 Å². The predicted molar refractivity (Wildman–Crippen MR) is 65.3 cm³/mol. The Hall–Kier alpha value is -1.36. The fourth-order valence-electron chi connectivity index (χ4n) is 2.66. The summed E-state index contributed by atoms with van der Waals surface area (Å²) in [6, 6.07) is 1.99. The van der Waals surface area contributed by atoms with E-state index < -0.39 is 0 Å². The van der Waals surface area contributed by atoms with Crippen LogP contribution in [0.15, 0.2) is 6.07 Å². The summed E-state index contributed by atoms with van der Waals surface area (Å²) in [5, 5.41) is 4.33. The molecule has 1 aromatic rings. The lowest BCUT2D eigenvalue weighted by Gasteiger charge is -2.30. The lowest BCUT2D eigenvalue weighted by Crippen LogP contribution is -2.38. The third-order valence-electron chi connectivity index (χ3n) is 3.30. The van der Waals surface area contributed by atoms with Crippen molar-refractivity contribution in [1.82, 2.24) is 14.7 Å². The molecule has 2 heterocycles. The van der Waals surface area contributed by atoms with Crippen LogP contribution in [-0.4, -0.2) is 32.7 Å². The lowest BCUT2D eigenvalue weighted by atomic mass is 10.1. The molecule has 5 nitrogen and oxygen atoms in total. The molecule has 0 aliphatic carbocycles. The molecule has 0 saturated carbocycles. The number of likely N-dealkylation sites (tertiary alicyclic amines) is 1. The first kappa shape index (κ1) is 12.1. The van der Waals surface area contributed by atoms with Gasteiger partial charge in [0, 0.05) is 25.6 Å². The van der Waals surface area contributed by atoms with Crippen molar-refractivity contribution < 1.29 is 4.79 Å². The molecule has 94 valence electrons. The quantitative estimate of drug-likeness (QED) is 0.823. The average molecular weight is 236 g/mol. The summed E-state index contributed by atoms with van der Waals surface area (Å²) in [4.78, 5) is 13.8. The summed E-state index contributed by atoms with van der Waals surface area (Å²) in [5.74, 6) is 0.136. The minimum absolute atomic E-state index is 0.0475. The molecule has 0 bridgehead atoms. The van der Waals surface area contributed by atoms with Crippen LogP contribution in [0.5, 0.6) is 0 Å². The Balaban J connectivity index is 2.41. The van der Waals surface area contributed by atoms with Crippen LogP contribution in [-0.2, 0) is 11.8 Å². The minimum Gasteiger partial charge on any atom is -0.330 e. The fraction of sp³-hybridized carbons (Fsp3) is 0.667. The molecule has 0 unspecified atom stereocenters. The van der Waals surface area contributed by atoms with Gasteiger partial charge in [0.2, 0.25) is 5.91 Å². The summed E-state index contributed by atoms with van der Waals surface area (Å²) in [6.07, 6.45) is 0.424. The topological polar surface area (TPSA) is 64.2 Å². The van der Waals surface area contributed by atoms with Gasteiger partial charge in [-0.3, -0.25) is 9.48 Å². The van der Waals surface area contributed by atoms with Crippen molar-refractivity contribution in [2.75, 3.05) is 0 Å². The maximum atomic E-state index is 11.9. The fourth-order valence-corrected chi connectivity index (χ4v) is 2.66. The number of rotatable bonds is 2. The Morgan fingerprint density at radius 3 is 2.65 bits per heavy atom. The van der Waals surface area contributed by atoms with Gasteiger partial charge in [0.1, 0.15) is 0 Å². The molecule has 2 rings (SSSR count). The number of hydrogen-bond donors (Lipinski definition) is 1. The van der Waals surface area contributed by atoms with Crippen molar-refractivity contribution >= 4 is 5.91 Å². The van der Waals surface area contributed by atoms with Crippen molar-refractivity contribution in [3.8, 4) is 0 Å². The molecule has 0 aromatic carbocycles. The van der Waals surface area contributed by atoms with Crippen LogP contribution in [0.25, 0.3) is 0 Å². The molecule has 2 N–H and O–H groups in total. The lowest BCUT2D eigenvalue weighted by molar-refractivity contribution is -0.130. The first-order chi connectivity index (χ1) is 7.91. The van der Waals surface area contributed by atoms with Gasteiger partial charge in [0.05, 0.1) is 17.4 Å². The van der Waals surface area contributed by atoms with E-state index in [1.165, 1.54) is 0 Å². The number of nitrogens with two attached hydrogens (primary N) is 1. The minimum atomic E-state index is -0.139. The van der Waals surface area contributed by atoms with Gasteiger partial charge >= 0.3 is 0 Å². The van der Waals surface area contributed by atoms with Gasteiger partial charge in [-0.15, -0.1) is 0 Å². The van der Waals surface area contributed by atoms with Crippen LogP contribution in [0, 0.1) is 6.92 Å². The maximum absolute atomic E-state index is 11.9. The highest BCUT2D eigenvalue weighted by Gasteiger charge is 2.41. The largest absolute Gasteiger partial charge is 0.330 e. The maximum Gasteiger partial charge on any atom is 0.225 e. The average Bonchev–Trinajstić information content (AvgIpc) is 2.66. The van der Waals surface area contributed by atoms with Crippen LogP contribution < -0.4 is 5.73 Å².